The lowest BCUT2D eigenvalue weighted by Gasteiger charge is -2.05. The summed E-state index contributed by atoms with van der Waals surface area (Å²) in [5, 5.41) is 0. The zero-order chi connectivity index (χ0) is 10.6. The van der Waals surface area contributed by atoms with Gasteiger partial charge in [0, 0.05) is 12.0 Å². The van der Waals surface area contributed by atoms with Crippen molar-refractivity contribution in [1.82, 2.24) is 0 Å². The van der Waals surface area contributed by atoms with Gasteiger partial charge in [-0.05, 0) is 17.7 Å². The first kappa shape index (κ1) is 11.0. The monoisotopic (exact) mass is 205 g/mol. The Kier molecular flexibility index (Phi) is 3.91. The molecule has 0 aliphatic carbocycles. The third-order valence-corrected chi connectivity index (χ3v) is 1.81. The van der Waals surface area contributed by atoms with E-state index in [1.165, 1.54) is 0 Å². The molecule has 0 aliphatic rings. The van der Waals surface area contributed by atoms with Crippen molar-refractivity contribution in [3.05, 3.63) is 35.1 Å². The zero-order valence-corrected chi connectivity index (χ0v) is 7.34. The summed E-state index contributed by atoms with van der Waals surface area (Å²) in [6.07, 6.45) is -2.41. The maximum Gasteiger partial charge on any atom is 0.263 e. The Balaban J connectivity index is 2.85. The lowest BCUT2D eigenvalue weighted by molar-refractivity contribution is 0.140. The first-order chi connectivity index (χ1) is 6.65. The van der Waals surface area contributed by atoms with Gasteiger partial charge in [0.05, 0.1) is 6.61 Å². The molecule has 0 radical (unpaired) electrons. The van der Waals surface area contributed by atoms with Gasteiger partial charge in [-0.3, -0.25) is 0 Å². The molecule has 0 fully saturated rings. The molecule has 0 unspecified atom stereocenters. The molecule has 0 aromatic heterocycles. The summed E-state index contributed by atoms with van der Waals surface area (Å²) in [6.45, 7) is 0.101. The van der Waals surface area contributed by atoms with E-state index in [-0.39, 0.29) is 24.2 Å². The van der Waals surface area contributed by atoms with E-state index in [9.17, 15) is 13.2 Å². The molecule has 1 rings (SSSR count). The largest absolute Gasteiger partial charge is 0.304 e. The lowest BCUT2D eigenvalue weighted by atomic mass is 10.1. The van der Waals surface area contributed by atoms with E-state index in [0.29, 0.717) is 0 Å². The van der Waals surface area contributed by atoms with Crippen LogP contribution in [0.25, 0.3) is 0 Å². The molecule has 2 N–H and O–H groups in total. The quantitative estimate of drug-likeness (QED) is 0.765. The summed E-state index contributed by atoms with van der Waals surface area (Å²) in [7, 11) is 0. The minimum atomic E-state index is -2.59. The molecule has 0 bridgehead atoms. The van der Waals surface area contributed by atoms with Crippen molar-refractivity contribution in [3.63, 3.8) is 0 Å². The van der Waals surface area contributed by atoms with Gasteiger partial charge in [0.15, 0.2) is 0 Å². The fourth-order valence-corrected chi connectivity index (χ4v) is 1.09. The van der Waals surface area contributed by atoms with Crippen LogP contribution in [0.1, 0.15) is 17.6 Å². The second kappa shape index (κ2) is 4.97. The first-order valence-electron chi connectivity index (χ1n) is 4.03. The maximum atomic E-state index is 13.0. The SMILES string of the molecule is NOCCc1cc(C(F)F)ccc1F. The van der Waals surface area contributed by atoms with Gasteiger partial charge >= 0.3 is 0 Å². The molecule has 0 amide bonds. The smallest absolute Gasteiger partial charge is 0.263 e. The second-order valence-electron chi connectivity index (χ2n) is 2.77. The third kappa shape index (κ3) is 2.71. The van der Waals surface area contributed by atoms with Crippen LogP contribution in [0.15, 0.2) is 18.2 Å². The molecule has 1 aromatic rings. The number of hydrogen-bond acceptors (Lipinski definition) is 2. The number of alkyl halides is 2. The average molecular weight is 205 g/mol. The Bertz CT molecular complexity index is 304. The van der Waals surface area contributed by atoms with Crippen LogP contribution in [0.4, 0.5) is 13.2 Å². The van der Waals surface area contributed by atoms with E-state index >= 15 is 0 Å². The third-order valence-electron chi connectivity index (χ3n) is 1.81. The molecule has 0 spiro atoms. The van der Waals surface area contributed by atoms with Gasteiger partial charge in [0.25, 0.3) is 6.43 Å². The van der Waals surface area contributed by atoms with Crippen molar-refractivity contribution in [2.45, 2.75) is 12.8 Å². The van der Waals surface area contributed by atoms with E-state index in [4.69, 9.17) is 5.90 Å². The Morgan fingerprint density at radius 3 is 2.64 bits per heavy atom. The fraction of sp³-hybridized carbons (Fsp3) is 0.333. The summed E-state index contributed by atoms with van der Waals surface area (Å²) in [6, 6.07) is 3.21. The number of hydrogen-bond donors (Lipinski definition) is 1. The van der Waals surface area contributed by atoms with Crippen LogP contribution in [-0.4, -0.2) is 6.61 Å². The Morgan fingerprint density at radius 2 is 2.07 bits per heavy atom. The molecule has 5 heteroatoms. The molecule has 0 aliphatic heterocycles. The molecular weight excluding hydrogens is 195 g/mol. The predicted molar refractivity (Wildman–Crippen MR) is 45.2 cm³/mol. The van der Waals surface area contributed by atoms with Crippen LogP contribution in [0.2, 0.25) is 0 Å². The average Bonchev–Trinajstić information content (AvgIpc) is 2.16. The Morgan fingerprint density at radius 1 is 1.36 bits per heavy atom. The van der Waals surface area contributed by atoms with E-state index in [2.05, 4.69) is 4.84 Å². The minimum Gasteiger partial charge on any atom is -0.304 e. The molecule has 0 atom stereocenters. The summed E-state index contributed by atoms with van der Waals surface area (Å²) in [4.78, 5) is 4.25. The van der Waals surface area contributed by atoms with Crippen LogP contribution in [0.3, 0.4) is 0 Å². The first-order valence-corrected chi connectivity index (χ1v) is 4.03. The fourth-order valence-electron chi connectivity index (χ4n) is 1.09. The van der Waals surface area contributed by atoms with Crippen molar-refractivity contribution in [3.8, 4) is 0 Å². The predicted octanol–water partition coefficient (Wildman–Crippen LogP) is 2.20. The Hall–Kier alpha value is -1.07. The van der Waals surface area contributed by atoms with Crippen molar-refractivity contribution in [1.29, 1.82) is 0 Å². The van der Waals surface area contributed by atoms with E-state index in [1.807, 2.05) is 0 Å². The van der Waals surface area contributed by atoms with Crippen LogP contribution in [-0.2, 0) is 11.3 Å². The summed E-state index contributed by atoms with van der Waals surface area (Å²) < 4.78 is 37.5. The zero-order valence-electron chi connectivity index (χ0n) is 7.34. The normalized spacial score (nSPS) is 10.9. The highest BCUT2D eigenvalue weighted by Gasteiger charge is 2.10. The van der Waals surface area contributed by atoms with Crippen LogP contribution >= 0.6 is 0 Å². The molecule has 14 heavy (non-hydrogen) atoms. The molecule has 1 aromatic carbocycles. The van der Waals surface area contributed by atoms with Crippen LogP contribution in [0, 0.1) is 5.82 Å². The molecule has 78 valence electrons. The highest BCUT2D eigenvalue weighted by Crippen LogP contribution is 2.21. The van der Waals surface area contributed by atoms with Crippen LogP contribution < -0.4 is 5.90 Å². The molecular formula is C9H10F3NO. The standard InChI is InChI=1S/C9H10F3NO/c10-8-2-1-7(9(11)12)5-6(8)3-4-14-13/h1-2,5,9H,3-4,13H2. The van der Waals surface area contributed by atoms with Crippen molar-refractivity contribution in [2.75, 3.05) is 6.61 Å². The summed E-state index contributed by atoms with van der Waals surface area (Å²) in [5.74, 6) is 4.23. The molecule has 0 saturated heterocycles. The molecule has 0 heterocycles. The van der Waals surface area contributed by atoms with Gasteiger partial charge in [0.1, 0.15) is 5.82 Å². The number of rotatable bonds is 4. The van der Waals surface area contributed by atoms with E-state index in [0.717, 1.165) is 18.2 Å². The highest BCUT2D eigenvalue weighted by atomic mass is 19.3. The molecule has 2 nitrogen and oxygen atoms in total. The van der Waals surface area contributed by atoms with E-state index < -0.39 is 12.2 Å². The highest BCUT2D eigenvalue weighted by molar-refractivity contribution is 5.26. The van der Waals surface area contributed by atoms with Gasteiger partial charge < -0.3 is 4.84 Å². The van der Waals surface area contributed by atoms with Crippen molar-refractivity contribution in [2.24, 2.45) is 5.90 Å². The number of halogens is 3. The van der Waals surface area contributed by atoms with Gasteiger partial charge in [0.2, 0.25) is 0 Å². The number of nitrogens with two attached hydrogens (primary N) is 1. The van der Waals surface area contributed by atoms with Gasteiger partial charge in [-0.15, -0.1) is 0 Å². The van der Waals surface area contributed by atoms with Gasteiger partial charge in [-0.25, -0.2) is 19.1 Å². The van der Waals surface area contributed by atoms with Crippen molar-refractivity contribution < 1.29 is 18.0 Å². The molecule has 0 saturated carbocycles. The Labute approximate surface area is 79.4 Å². The van der Waals surface area contributed by atoms with Gasteiger partial charge in [-0.1, -0.05) is 6.07 Å². The topological polar surface area (TPSA) is 35.2 Å². The van der Waals surface area contributed by atoms with Crippen molar-refractivity contribution >= 4 is 0 Å². The summed E-state index contributed by atoms with van der Waals surface area (Å²) in [5.41, 5.74) is -0.00771. The van der Waals surface area contributed by atoms with E-state index in [1.54, 1.807) is 0 Å². The number of benzene rings is 1. The minimum absolute atomic E-state index is 0.101. The maximum absolute atomic E-state index is 13.0. The lowest BCUT2D eigenvalue weighted by Crippen LogP contribution is -2.05. The van der Waals surface area contributed by atoms with Crippen LogP contribution in [0.5, 0.6) is 0 Å². The summed E-state index contributed by atoms with van der Waals surface area (Å²) >= 11 is 0. The second-order valence-corrected chi connectivity index (χ2v) is 2.77. The van der Waals surface area contributed by atoms with Gasteiger partial charge in [-0.2, -0.15) is 0 Å².